The molecule has 0 aliphatic carbocycles. The smallest absolute Gasteiger partial charge is 0.422 e. The molecule has 2 N–H and O–H groups in total. The van der Waals surface area contributed by atoms with Gasteiger partial charge in [-0.2, -0.15) is 22.0 Å². The van der Waals surface area contributed by atoms with Crippen molar-refractivity contribution in [1.29, 1.82) is 0 Å². The number of halogens is 9. The van der Waals surface area contributed by atoms with Gasteiger partial charge in [0.15, 0.2) is 18.3 Å². The van der Waals surface area contributed by atoms with Crippen LogP contribution in [-0.2, 0) is 0 Å². The van der Waals surface area contributed by atoms with Crippen molar-refractivity contribution >= 4 is 40.3 Å². The van der Waals surface area contributed by atoms with Crippen molar-refractivity contribution in [2.45, 2.75) is 18.5 Å². The van der Waals surface area contributed by atoms with E-state index in [1.807, 2.05) is 0 Å². The summed E-state index contributed by atoms with van der Waals surface area (Å²) < 4.78 is 111. The Bertz CT molecular complexity index is 959. The van der Waals surface area contributed by atoms with Gasteiger partial charge in [0.1, 0.15) is 17.3 Å². The molecule has 176 valence electrons. The van der Waals surface area contributed by atoms with Crippen molar-refractivity contribution in [3.05, 3.63) is 47.2 Å². The van der Waals surface area contributed by atoms with E-state index in [4.69, 9.17) is 23.8 Å². The van der Waals surface area contributed by atoms with Crippen molar-refractivity contribution in [2.75, 3.05) is 23.8 Å². The Morgan fingerprint density at radius 2 is 1.47 bits per heavy atom. The average Bonchev–Trinajstić information content (AvgIpc) is 2.67. The van der Waals surface area contributed by atoms with Gasteiger partial charge in [-0.25, -0.2) is 13.2 Å². The van der Waals surface area contributed by atoms with E-state index >= 15 is 0 Å². The zero-order chi connectivity index (χ0) is 24.1. The number of benzene rings is 2. The quantitative estimate of drug-likeness (QED) is 0.314. The van der Waals surface area contributed by atoms with Gasteiger partial charge in [0.05, 0.1) is 5.02 Å². The SMILES string of the molecule is Fc1ccc(NC(=S)Nc2cc(OCC(F)(F)F)cc(OCC(F)(F)C(F)F)c2)cc1Cl. The molecule has 0 amide bonds. The normalized spacial score (nSPS) is 11.9. The van der Waals surface area contributed by atoms with Gasteiger partial charge in [-0.05, 0) is 30.4 Å². The van der Waals surface area contributed by atoms with Gasteiger partial charge in [0.2, 0.25) is 0 Å². The van der Waals surface area contributed by atoms with Crippen molar-refractivity contribution in [3.8, 4) is 11.5 Å². The second kappa shape index (κ2) is 10.4. The molecule has 2 aromatic rings. The highest BCUT2D eigenvalue weighted by Gasteiger charge is 2.41. The van der Waals surface area contributed by atoms with E-state index in [0.717, 1.165) is 24.3 Å². The number of hydrogen-bond acceptors (Lipinski definition) is 3. The standard InChI is InChI=1S/C18H13ClF8N2O2S/c19-13-5-9(1-2-14(13)20)28-16(32)29-10-3-11(30-7-17(23,24)15(21)22)6-12(4-10)31-8-18(25,26)27/h1-6,15H,7-8H2,(H2,28,29,32). The first-order valence-corrected chi connectivity index (χ1v) is 9.20. The highest BCUT2D eigenvalue weighted by molar-refractivity contribution is 7.80. The van der Waals surface area contributed by atoms with E-state index in [1.54, 1.807) is 0 Å². The van der Waals surface area contributed by atoms with Gasteiger partial charge < -0.3 is 20.1 Å². The summed E-state index contributed by atoms with van der Waals surface area (Å²) in [6, 6.07) is 6.42. The molecule has 2 aromatic carbocycles. The van der Waals surface area contributed by atoms with Crippen LogP contribution >= 0.6 is 23.8 Å². The van der Waals surface area contributed by atoms with Crippen molar-refractivity contribution in [3.63, 3.8) is 0 Å². The lowest BCUT2D eigenvalue weighted by molar-refractivity contribution is -0.153. The molecule has 0 aromatic heterocycles. The molecule has 14 heteroatoms. The fourth-order valence-corrected chi connectivity index (χ4v) is 2.50. The van der Waals surface area contributed by atoms with Crippen LogP contribution in [0.2, 0.25) is 5.02 Å². The van der Waals surface area contributed by atoms with Gasteiger partial charge in [0, 0.05) is 29.6 Å². The number of alkyl halides is 7. The van der Waals surface area contributed by atoms with Gasteiger partial charge >= 0.3 is 18.5 Å². The molecule has 0 spiro atoms. The van der Waals surface area contributed by atoms with E-state index in [-0.39, 0.29) is 21.5 Å². The Hall–Kier alpha value is -2.54. The van der Waals surface area contributed by atoms with Crippen LogP contribution in [0.3, 0.4) is 0 Å². The minimum Gasteiger partial charge on any atom is -0.487 e. The van der Waals surface area contributed by atoms with Gasteiger partial charge in [0.25, 0.3) is 0 Å². The number of thiocarbonyl (C=S) groups is 1. The molecule has 4 nitrogen and oxygen atoms in total. The molecule has 0 aliphatic rings. The maximum atomic E-state index is 13.2. The first-order valence-electron chi connectivity index (χ1n) is 8.41. The number of rotatable bonds is 8. The Morgan fingerprint density at radius 1 is 0.906 bits per heavy atom. The predicted molar refractivity (Wildman–Crippen MR) is 106 cm³/mol. The summed E-state index contributed by atoms with van der Waals surface area (Å²) in [4.78, 5) is 0. The second-order valence-electron chi connectivity index (χ2n) is 6.16. The molecule has 0 heterocycles. The van der Waals surface area contributed by atoms with Crippen LogP contribution in [0.1, 0.15) is 0 Å². The maximum absolute atomic E-state index is 13.2. The van der Waals surface area contributed by atoms with Crippen LogP contribution in [0.15, 0.2) is 36.4 Å². The highest BCUT2D eigenvalue weighted by Crippen LogP contribution is 2.30. The Balaban J connectivity index is 2.18. The summed E-state index contributed by atoms with van der Waals surface area (Å²) >= 11 is 10.7. The summed E-state index contributed by atoms with van der Waals surface area (Å²) in [5, 5.41) is 4.78. The number of ether oxygens (including phenoxy) is 2. The third-order valence-electron chi connectivity index (χ3n) is 3.47. The lowest BCUT2D eigenvalue weighted by Crippen LogP contribution is -2.33. The molecule has 0 radical (unpaired) electrons. The zero-order valence-corrected chi connectivity index (χ0v) is 17.2. The minimum atomic E-state index is -4.70. The largest absolute Gasteiger partial charge is 0.487 e. The predicted octanol–water partition coefficient (Wildman–Crippen LogP) is 6.51. The summed E-state index contributed by atoms with van der Waals surface area (Å²) in [6.07, 6.45) is -8.71. The fourth-order valence-electron chi connectivity index (χ4n) is 2.09. The summed E-state index contributed by atoms with van der Waals surface area (Å²) in [6.45, 7) is -3.44. The molecular weight excluding hydrogens is 496 g/mol. The van der Waals surface area contributed by atoms with Crippen LogP contribution < -0.4 is 20.1 Å². The first kappa shape index (κ1) is 25.7. The monoisotopic (exact) mass is 508 g/mol. The molecule has 2 rings (SSSR count). The van der Waals surface area contributed by atoms with E-state index < -0.39 is 49.1 Å². The third-order valence-corrected chi connectivity index (χ3v) is 3.96. The molecule has 0 unspecified atom stereocenters. The number of hydrogen-bond donors (Lipinski definition) is 2. The van der Waals surface area contributed by atoms with Crippen LogP contribution in [0, 0.1) is 5.82 Å². The molecule has 0 bridgehead atoms. The number of anilines is 2. The molecular formula is C18H13ClF8N2O2S. The van der Waals surface area contributed by atoms with Crippen molar-refractivity contribution in [2.24, 2.45) is 0 Å². The Morgan fingerprint density at radius 3 is 2.00 bits per heavy atom. The van der Waals surface area contributed by atoms with Crippen LogP contribution in [0.5, 0.6) is 11.5 Å². The molecule has 0 aliphatic heterocycles. The van der Waals surface area contributed by atoms with E-state index in [1.165, 1.54) is 12.1 Å². The average molecular weight is 509 g/mol. The van der Waals surface area contributed by atoms with E-state index in [0.29, 0.717) is 0 Å². The van der Waals surface area contributed by atoms with Crippen LogP contribution in [-0.4, -0.2) is 36.9 Å². The second-order valence-corrected chi connectivity index (χ2v) is 6.97. The zero-order valence-electron chi connectivity index (χ0n) is 15.6. The van der Waals surface area contributed by atoms with Crippen molar-refractivity contribution in [1.82, 2.24) is 0 Å². The highest BCUT2D eigenvalue weighted by atomic mass is 35.5. The van der Waals surface area contributed by atoms with Crippen LogP contribution in [0.4, 0.5) is 46.5 Å². The summed E-state index contributed by atoms with van der Waals surface area (Å²) in [5.41, 5.74) is 0.178. The topological polar surface area (TPSA) is 42.5 Å². The maximum Gasteiger partial charge on any atom is 0.422 e. The van der Waals surface area contributed by atoms with Gasteiger partial charge in [-0.15, -0.1) is 0 Å². The molecule has 32 heavy (non-hydrogen) atoms. The van der Waals surface area contributed by atoms with Crippen molar-refractivity contribution < 1.29 is 44.6 Å². The Labute approximate surface area is 186 Å². The molecule has 0 atom stereocenters. The molecule has 0 saturated carbocycles. The third kappa shape index (κ3) is 8.19. The van der Waals surface area contributed by atoms with E-state index in [9.17, 15) is 35.1 Å². The van der Waals surface area contributed by atoms with E-state index in [2.05, 4.69) is 20.1 Å². The van der Waals surface area contributed by atoms with Gasteiger partial charge in [-0.1, -0.05) is 11.6 Å². The fraction of sp³-hybridized carbons (Fsp3) is 0.278. The number of nitrogens with one attached hydrogen (secondary N) is 2. The summed E-state index contributed by atoms with van der Waals surface area (Å²) in [7, 11) is 0. The first-order chi connectivity index (χ1) is 14.7. The lowest BCUT2D eigenvalue weighted by Gasteiger charge is -2.18. The minimum absolute atomic E-state index is 0.0780. The van der Waals surface area contributed by atoms with Gasteiger partial charge in [-0.3, -0.25) is 0 Å². The van der Waals surface area contributed by atoms with Crippen LogP contribution in [0.25, 0.3) is 0 Å². The molecule has 0 fully saturated rings. The molecule has 0 saturated heterocycles. The Kier molecular flexibility index (Phi) is 8.35. The summed E-state index contributed by atoms with van der Waals surface area (Å²) in [5.74, 6) is -6.13. The lowest BCUT2D eigenvalue weighted by atomic mass is 10.2.